The van der Waals surface area contributed by atoms with Gasteiger partial charge in [-0.1, -0.05) is 13.3 Å². The van der Waals surface area contributed by atoms with Gasteiger partial charge < -0.3 is 4.90 Å². The molecule has 5 heteroatoms. The number of likely N-dealkylation sites (tertiary alicyclic amines) is 1. The molecular weight excluding hydrogens is 280 g/mol. The van der Waals surface area contributed by atoms with Crippen molar-refractivity contribution >= 4 is 28.8 Å². The predicted molar refractivity (Wildman–Crippen MR) is 79.6 cm³/mol. The molecule has 1 saturated heterocycles. The van der Waals surface area contributed by atoms with Gasteiger partial charge in [-0.3, -0.25) is 4.79 Å². The molecule has 1 aliphatic rings. The number of aromatic nitrogens is 1. The van der Waals surface area contributed by atoms with Crippen molar-refractivity contribution in [3.8, 4) is 0 Å². The van der Waals surface area contributed by atoms with Gasteiger partial charge in [0.05, 0.1) is 18.0 Å². The standard InChI is InChI=1S/C14H21ClN2OS/c1-3-11-5-4-10(2)17(8-11)14(18)6-13-16-12(7-15)9-19-13/h9-11H,3-8H2,1-2H3. The summed E-state index contributed by atoms with van der Waals surface area (Å²) < 4.78 is 0. The molecule has 106 valence electrons. The summed E-state index contributed by atoms with van der Waals surface area (Å²) in [4.78, 5) is 18.8. The highest BCUT2D eigenvalue weighted by atomic mass is 35.5. The van der Waals surface area contributed by atoms with Crippen LogP contribution >= 0.6 is 22.9 Å². The number of piperidine rings is 1. The Bertz CT molecular complexity index is 435. The van der Waals surface area contributed by atoms with Crippen LogP contribution < -0.4 is 0 Å². The van der Waals surface area contributed by atoms with Crippen LogP contribution in [0.1, 0.15) is 43.8 Å². The quantitative estimate of drug-likeness (QED) is 0.798. The number of carbonyl (C=O) groups is 1. The van der Waals surface area contributed by atoms with Crippen molar-refractivity contribution in [2.45, 2.75) is 51.5 Å². The van der Waals surface area contributed by atoms with Crippen LogP contribution in [0.15, 0.2) is 5.38 Å². The van der Waals surface area contributed by atoms with Crippen LogP contribution in [0, 0.1) is 5.92 Å². The lowest BCUT2D eigenvalue weighted by Gasteiger charge is -2.37. The molecular formula is C14H21ClN2OS. The van der Waals surface area contributed by atoms with E-state index in [0.717, 1.165) is 30.1 Å². The summed E-state index contributed by atoms with van der Waals surface area (Å²) in [7, 11) is 0. The van der Waals surface area contributed by atoms with E-state index in [2.05, 4.69) is 18.8 Å². The second kappa shape index (κ2) is 6.71. The van der Waals surface area contributed by atoms with Crippen molar-refractivity contribution in [3.05, 3.63) is 16.1 Å². The monoisotopic (exact) mass is 300 g/mol. The fraction of sp³-hybridized carbons (Fsp3) is 0.714. The van der Waals surface area contributed by atoms with Crippen molar-refractivity contribution in [2.24, 2.45) is 5.92 Å². The van der Waals surface area contributed by atoms with E-state index in [1.54, 1.807) is 0 Å². The van der Waals surface area contributed by atoms with Crippen LogP contribution in [-0.2, 0) is 17.1 Å². The number of carbonyl (C=O) groups excluding carboxylic acids is 1. The van der Waals surface area contributed by atoms with E-state index in [1.807, 2.05) is 10.3 Å². The smallest absolute Gasteiger partial charge is 0.229 e. The summed E-state index contributed by atoms with van der Waals surface area (Å²) in [6, 6.07) is 0.364. The Kier molecular flexibility index (Phi) is 5.22. The second-order valence-corrected chi connectivity index (χ2v) is 6.50. The summed E-state index contributed by atoms with van der Waals surface area (Å²) >= 11 is 7.27. The molecule has 1 aromatic rings. The molecule has 1 amide bonds. The third-order valence-corrected chi connectivity index (χ3v) is 5.09. The lowest BCUT2D eigenvalue weighted by Crippen LogP contribution is -2.46. The number of rotatable bonds is 4. The normalized spacial score (nSPS) is 23.6. The summed E-state index contributed by atoms with van der Waals surface area (Å²) in [5.74, 6) is 1.29. The van der Waals surface area contributed by atoms with E-state index >= 15 is 0 Å². The minimum atomic E-state index is 0.209. The number of thiazole rings is 1. The number of hydrogen-bond acceptors (Lipinski definition) is 3. The van der Waals surface area contributed by atoms with E-state index in [1.165, 1.54) is 17.8 Å². The first-order valence-electron chi connectivity index (χ1n) is 6.92. The summed E-state index contributed by atoms with van der Waals surface area (Å²) in [6.45, 7) is 5.26. The van der Waals surface area contributed by atoms with Gasteiger partial charge in [0.15, 0.2) is 0 Å². The first-order chi connectivity index (χ1) is 9.13. The zero-order valence-corrected chi connectivity index (χ0v) is 13.1. The van der Waals surface area contributed by atoms with E-state index in [4.69, 9.17) is 11.6 Å². The Balaban J connectivity index is 1.97. The van der Waals surface area contributed by atoms with Crippen LogP contribution in [0.25, 0.3) is 0 Å². The van der Waals surface area contributed by atoms with Crippen molar-refractivity contribution in [1.29, 1.82) is 0 Å². The Morgan fingerprint density at radius 1 is 1.58 bits per heavy atom. The molecule has 0 bridgehead atoms. The van der Waals surface area contributed by atoms with Crippen molar-refractivity contribution in [1.82, 2.24) is 9.88 Å². The summed E-state index contributed by atoms with van der Waals surface area (Å²) in [6.07, 6.45) is 3.94. The fourth-order valence-corrected chi connectivity index (χ4v) is 3.60. The van der Waals surface area contributed by atoms with E-state index in [-0.39, 0.29) is 5.91 Å². The molecule has 0 N–H and O–H groups in total. The molecule has 2 atom stereocenters. The molecule has 2 heterocycles. The molecule has 0 radical (unpaired) electrons. The Hall–Kier alpha value is -0.610. The molecule has 2 rings (SSSR count). The molecule has 0 aliphatic carbocycles. The summed E-state index contributed by atoms with van der Waals surface area (Å²) in [5, 5.41) is 2.82. The van der Waals surface area contributed by atoms with E-state index in [0.29, 0.717) is 24.3 Å². The van der Waals surface area contributed by atoms with Gasteiger partial charge in [-0.25, -0.2) is 4.98 Å². The van der Waals surface area contributed by atoms with Gasteiger partial charge in [-0.2, -0.15) is 0 Å². The first-order valence-corrected chi connectivity index (χ1v) is 8.34. The van der Waals surface area contributed by atoms with Crippen LogP contribution in [0.4, 0.5) is 0 Å². The van der Waals surface area contributed by atoms with E-state index < -0.39 is 0 Å². The van der Waals surface area contributed by atoms with Crippen LogP contribution in [0.5, 0.6) is 0 Å². The summed E-state index contributed by atoms with van der Waals surface area (Å²) in [5.41, 5.74) is 0.868. The number of halogens is 1. The average Bonchev–Trinajstić information content (AvgIpc) is 2.87. The Morgan fingerprint density at radius 2 is 2.37 bits per heavy atom. The molecule has 1 aliphatic heterocycles. The lowest BCUT2D eigenvalue weighted by atomic mass is 9.91. The maximum absolute atomic E-state index is 12.4. The van der Waals surface area contributed by atoms with Gasteiger partial charge >= 0.3 is 0 Å². The molecule has 2 unspecified atom stereocenters. The Morgan fingerprint density at radius 3 is 3.00 bits per heavy atom. The third-order valence-electron chi connectivity index (χ3n) is 3.92. The highest BCUT2D eigenvalue weighted by Gasteiger charge is 2.28. The maximum atomic E-state index is 12.4. The maximum Gasteiger partial charge on any atom is 0.229 e. The molecule has 1 aromatic heterocycles. The van der Waals surface area contributed by atoms with Gasteiger partial charge in [0.2, 0.25) is 5.91 Å². The third kappa shape index (κ3) is 3.69. The molecule has 0 saturated carbocycles. The van der Waals surface area contributed by atoms with Gasteiger partial charge in [-0.05, 0) is 25.7 Å². The van der Waals surface area contributed by atoms with Gasteiger partial charge in [-0.15, -0.1) is 22.9 Å². The minimum Gasteiger partial charge on any atom is -0.339 e. The Labute approximate surface area is 124 Å². The number of nitrogens with zero attached hydrogens (tertiary/aromatic N) is 2. The van der Waals surface area contributed by atoms with Crippen LogP contribution in [-0.4, -0.2) is 28.4 Å². The first kappa shape index (κ1) is 14.8. The molecule has 1 fully saturated rings. The SMILES string of the molecule is CCC1CCC(C)N(C(=O)Cc2nc(CCl)cs2)C1. The second-order valence-electron chi connectivity index (χ2n) is 5.29. The zero-order chi connectivity index (χ0) is 13.8. The lowest BCUT2D eigenvalue weighted by molar-refractivity contribution is -0.134. The van der Waals surface area contributed by atoms with Crippen molar-refractivity contribution in [2.75, 3.05) is 6.54 Å². The number of amides is 1. The minimum absolute atomic E-state index is 0.209. The molecule has 0 aromatic carbocycles. The van der Waals surface area contributed by atoms with E-state index in [9.17, 15) is 4.79 Å². The highest BCUT2D eigenvalue weighted by Crippen LogP contribution is 2.25. The number of hydrogen-bond donors (Lipinski definition) is 0. The van der Waals surface area contributed by atoms with Crippen molar-refractivity contribution < 1.29 is 4.79 Å². The number of alkyl halides is 1. The average molecular weight is 301 g/mol. The molecule has 0 spiro atoms. The predicted octanol–water partition coefficient (Wildman–Crippen LogP) is 3.46. The highest BCUT2D eigenvalue weighted by molar-refractivity contribution is 7.09. The zero-order valence-electron chi connectivity index (χ0n) is 11.6. The molecule has 19 heavy (non-hydrogen) atoms. The topological polar surface area (TPSA) is 33.2 Å². The largest absolute Gasteiger partial charge is 0.339 e. The fourth-order valence-electron chi connectivity index (χ4n) is 2.59. The van der Waals surface area contributed by atoms with Gasteiger partial charge in [0, 0.05) is 18.0 Å². The van der Waals surface area contributed by atoms with Gasteiger partial charge in [0.1, 0.15) is 5.01 Å². The molecule has 3 nitrogen and oxygen atoms in total. The van der Waals surface area contributed by atoms with Crippen molar-refractivity contribution in [3.63, 3.8) is 0 Å². The van der Waals surface area contributed by atoms with Crippen LogP contribution in [0.2, 0.25) is 0 Å². The van der Waals surface area contributed by atoms with Crippen LogP contribution in [0.3, 0.4) is 0 Å². The van der Waals surface area contributed by atoms with Gasteiger partial charge in [0.25, 0.3) is 0 Å².